The Morgan fingerprint density at radius 2 is 1.77 bits per heavy atom. The van der Waals surface area contributed by atoms with Crippen molar-refractivity contribution in [3.63, 3.8) is 0 Å². The molecule has 2 aromatic heterocycles. The summed E-state index contributed by atoms with van der Waals surface area (Å²) < 4.78 is 3.82. The van der Waals surface area contributed by atoms with Crippen LogP contribution in [0.15, 0.2) is 73.1 Å². The molecular formula is C24H23N5O. The summed E-state index contributed by atoms with van der Waals surface area (Å²) in [4.78, 5) is 12.9. The highest BCUT2D eigenvalue weighted by atomic mass is 16.1. The van der Waals surface area contributed by atoms with E-state index in [2.05, 4.69) is 27.6 Å². The summed E-state index contributed by atoms with van der Waals surface area (Å²) in [5.41, 5.74) is 6.05. The minimum Gasteiger partial charge on any atom is -0.347 e. The van der Waals surface area contributed by atoms with Crippen molar-refractivity contribution in [2.24, 2.45) is 0 Å². The third-order valence-electron chi connectivity index (χ3n) is 5.53. The Labute approximate surface area is 175 Å². The molecule has 0 atom stereocenters. The normalized spacial score (nSPS) is 12.7. The predicted molar refractivity (Wildman–Crippen MR) is 115 cm³/mol. The number of nitrogens with zero attached hydrogens (tertiary/aromatic N) is 4. The Kier molecular flexibility index (Phi) is 4.89. The molecule has 0 radical (unpaired) electrons. The zero-order valence-corrected chi connectivity index (χ0v) is 16.7. The van der Waals surface area contributed by atoms with Crippen LogP contribution in [0.25, 0.3) is 5.69 Å². The number of para-hydroxylation sites is 1. The van der Waals surface area contributed by atoms with E-state index in [-0.39, 0.29) is 5.91 Å². The Hall–Kier alpha value is -3.67. The standard InChI is InChI=1S/C24H23N5O/c30-24(25-16-18-10-12-19(13-11-18)17-28-15-5-14-26-28)23-21-8-4-9-22(21)29(27-23)20-6-2-1-3-7-20/h1-3,5-7,10-15H,4,8-9,16-17H2,(H,25,30). The number of hydrogen-bond donors (Lipinski definition) is 1. The molecule has 0 fully saturated rings. The fraction of sp³-hybridized carbons (Fsp3) is 0.208. The predicted octanol–water partition coefficient (Wildman–Crippen LogP) is 3.54. The molecule has 6 heteroatoms. The molecule has 5 rings (SSSR count). The second kappa shape index (κ2) is 7.99. The highest BCUT2D eigenvalue weighted by molar-refractivity contribution is 5.94. The largest absolute Gasteiger partial charge is 0.347 e. The van der Waals surface area contributed by atoms with Crippen LogP contribution in [0.5, 0.6) is 0 Å². The summed E-state index contributed by atoms with van der Waals surface area (Å²) in [6.45, 7) is 1.22. The number of carbonyl (C=O) groups is 1. The van der Waals surface area contributed by atoms with Crippen LogP contribution >= 0.6 is 0 Å². The summed E-state index contributed by atoms with van der Waals surface area (Å²) in [7, 11) is 0. The highest BCUT2D eigenvalue weighted by Gasteiger charge is 2.26. The van der Waals surface area contributed by atoms with E-state index in [1.165, 1.54) is 5.56 Å². The van der Waals surface area contributed by atoms with Crippen molar-refractivity contribution < 1.29 is 4.79 Å². The van der Waals surface area contributed by atoms with Gasteiger partial charge in [-0.2, -0.15) is 10.2 Å². The van der Waals surface area contributed by atoms with Crippen LogP contribution < -0.4 is 5.32 Å². The first-order valence-corrected chi connectivity index (χ1v) is 10.3. The van der Waals surface area contributed by atoms with Gasteiger partial charge in [-0.1, -0.05) is 42.5 Å². The first kappa shape index (κ1) is 18.4. The van der Waals surface area contributed by atoms with Crippen molar-refractivity contribution in [1.82, 2.24) is 24.9 Å². The highest BCUT2D eigenvalue weighted by Crippen LogP contribution is 2.27. The third kappa shape index (κ3) is 3.64. The Morgan fingerprint density at radius 1 is 0.967 bits per heavy atom. The van der Waals surface area contributed by atoms with Gasteiger partial charge in [-0.15, -0.1) is 0 Å². The minimum absolute atomic E-state index is 0.108. The smallest absolute Gasteiger partial charge is 0.272 e. The zero-order chi connectivity index (χ0) is 20.3. The van der Waals surface area contributed by atoms with Crippen molar-refractivity contribution in [2.75, 3.05) is 0 Å². The minimum atomic E-state index is -0.108. The lowest BCUT2D eigenvalue weighted by Gasteiger charge is -2.07. The van der Waals surface area contributed by atoms with Gasteiger partial charge in [-0.3, -0.25) is 9.48 Å². The number of benzene rings is 2. The molecule has 4 aromatic rings. The van der Waals surface area contributed by atoms with E-state index in [1.807, 2.05) is 64.1 Å². The number of amides is 1. The molecule has 2 aromatic carbocycles. The Bertz CT molecular complexity index is 1140. The van der Waals surface area contributed by atoms with Crippen molar-refractivity contribution >= 4 is 5.91 Å². The summed E-state index contributed by atoms with van der Waals surface area (Å²) in [6, 6.07) is 20.2. The molecule has 0 bridgehead atoms. The number of carbonyl (C=O) groups excluding carboxylic acids is 1. The summed E-state index contributed by atoms with van der Waals surface area (Å²) in [6.07, 6.45) is 6.66. The second-order valence-corrected chi connectivity index (χ2v) is 7.58. The van der Waals surface area contributed by atoms with E-state index >= 15 is 0 Å². The van der Waals surface area contributed by atoms with Crippen LogP contribution in [0.3, 0.4) is 0 Å². The van der Waals surface area contributed by atoms with Gasteiger partial charge in [0.1, 0.15) is 0 Å². The van der Waals surface area contributed by atoms with Crippen LogP contribution in [-0.2, 0) is 25.9 Å². The molecule has 0 saturated carbocycles. The van der Waals surface area contributed by atoms with E-state index in [9.17, 15) is 4.79 Å². The van der Waals surface area contributed by atoms with Crippen molar-refractivity contribution in [2.45, 2.75) is 32.4 Å². The van der Waals surface area contributed by atoms with Gasteiger partial charge in [-0.05, 0) is 48.6 Å². The lowest BCUT2D eigenvalue weighted by Crippen LogP contribution is -2.24. The topological polar surface area (TPSA) is 64.7 Å². The third-order valence-corrected chi connectivity index (χ3v) is 5.53. The van der Waals surface area contributed by atoms with E-state index in [0.29, 0.717) is 12.2 Å². The molecule has 1 N–H and O–H groups in total. The van der Waals surface area contributed by atoms with Crippen LogP contribution in [0.2, 0.25) is 0 Å². The van der Waals surface area contributed by atoms with Gasteiger partial charge in [-0.25, -0.2) is 4.68 Å². The van der Waals surface area contributed by atoms with Crippen LogP contribution in [0.4, 0.5) is 0 Å². The molecule has 0 aliphatic heterocycles. The van der Waals surface area contributed by atoms with Crippen molar-refractivity contribution in [1.29, 1.82) is 0 Å². The molecule has 0 spiro atoms. The second-order valence-electron chi connectivity index (χ2n) is 7.58. The first-order valence-electron chi connectivity index (χ1n) is 10.3. The average molecular weight is 397 g/mol. The fourth-order valence-electron chi connectivity index (χ4n) is 4.01. The van der Waals surface area contributed by atoms with Gasteiger partial charge >= 0.3 is 0 Å². The fourth-order valence-corrected chi connectivity index (χ4v) is 4.01. The van der Waals surface area contributed by atoms with Gasteiger partial charge in [0.25, 0.3) is 5.91 Å². The van der Waals surface area contributed by atoms with E-state index in [4.69, 9.17) is 0 Å². The maximum absolute atomic E-state index is 12.9. The van der Waals surface area contributed by atoms with Gasteiger partial charge in [0.15, 0.2) is 5.69 Å². The number of hydrogen-bond acceptors (Lipinski definition) is 3. The zero-order valence-electron chi connectivity index (χ0n) is 16.7. The van der Waals surface area contributed by atoms with Gasteiger partial charge in [0.2, 0.25) is 0 Å². The molecule has 2 heterocycles. The molecule has 1 aliphatic rings. The molecule has 0 unspecified atom stereocenters. The maximum atomic E-state index is 12.9. The quantitative estimate of drug-likeness (QED) is 0.541. The maximum Gasteiger partial charge on any atom is 0.272 e. The van der Waals surface area contributed by atoms with Crippen LogP contribution in [-0.4, -0.2) is 25.5 Å². The molecule has 30 heavy (non-hydrogen) atoms. The number of nitrogens with one attached hydrogen (secondary N) is 1. The molecule has 1 amide bonds. The Balaban J connectivity index is 1.28. The molecular weight excluding hydrogens is 374 g/mol. The number of aromatic nitrogens is 4. The first-order chi connectivity index (χ1) is 14.8. The SMILES string of the molecule is O=C(NCc1ccc(Cn2cccn2)cc1)c1nn(-c2ccccc2)c2c1CCC2. The molecule has 1 aliphatic carbocycles. The Morgan fingerprint density at radius 3 is 2.53 bits per heavy atom. The van der Waals surface area contributed by atoms with E-state index in [1.54, 1.807) is 6.20 Å². The van der Waals surface area contributed by atoms with E-state index < -0.39 is 0 Å². The monoisotopic (exact) mass is 397 g/mol. The van der Waals surface area contributed by atoms with Crippen LogP contribution in [0.1, 0.15) is 39.3 Å². The number of fused-ring (bicyclic) bond motifs is 1. The summed E-state index contributed by atoms with van der Waals surface area (Å²) >= 11 is 0. The molecule has 0 saturated heterocycles. The molecule has 6 nitrogen and oxygen atoms in total. The van der Waals surface area contributed by atoms with Crippen molar-refractivity contribution in [3.8, 4) is 5.69 Å². The summed E-state index contributed by atoms with van der Waals surface area (Å²) in [5, 5.41) is 11.9. The molecule has 150 valence electrons. The van der Waals surface area contributed by atoms with Gasteiger partial charge in [0, 0.05) is 30.2 Å². The lowest BCUT2D eigenvalue weighted by molar-refractivity contribution is 0.0944. The van der Waals surface area contributed by atoms with Crippen LogP contribution in [0, 0.1) is 0 Å². The van der Waals surface area contributed by atoms with Crippen molar-refractivity contribution in [3.05, 3.63) is 101 Å². The van der Waals surface area contributed by atoms with Gasteiger partial charge < -0.3 is 5.32 Å². The number of rotatable bonds is 6. The lowest BCUT2D eigenvalue weighted by atomic mass is 10.1. The average Bonchev–Trinajstić information content (AvgIpc) is 3.52. The van der Waals surface area contributed by atoms with Gasteiger partial charge in [0.05, 0.1) is 12.2 Å². The summed E-state index contributed by atoms with van der Waals surface area (Å²) in [5.74, 6) is -0.108. The van der Waals surface area contributed by atoms with E-state index in [0.717, 1.165) is 48.3 Å².